The Morgan fingerprint density at radius 1 is 0.944 bits per heavy atom. The van der Waals surface area contributed by atoms with E-state index < -0.39 is 0 Å². The van der Waals surface area contributed by atoms with Gasteiger partial charge in [-0.2, -0.15) is 0 Å². The summed E-state index contributed by atoms with van der Waals surface area (Å²) < 4.78 is 0. The molecule has 1 atom stereocenters. The third-order valence-corrected chi connectivity index (χ3v) is 4.20. The van der Waals surface area contributed by atoms with E-state index in [2.05, 4.69) is 12.1 Å². The van der Waals surface area contributed by atoms with Crippen LogP contribution in [0.1, 0.15) is 10.9 Å². The molecule has 90 valence electrons. The van der Waals surface area contributed by atoms with Gasteiger partial charge >= 0.3 is 0 Å². The molecule has 3 heteroatoms. The van der Waals surface area contributed by atoms with Crippen molar-refractivity contribution in [1.82, 2.24) is 0 Å². The van der Waals surface area contributed by atoms with Gasteiger partial charge in [-0.15, -0.1) is 11.8 Å². The zero-order valence-electron chi connectivity index (χ0n) is 9.82. The van der Waals surface area contributed by atoms with Crippen LogP contribution < -0.4 is 4.90 Å². The number of carbonyl (C=O) groups excluding carboxylic acids is 1. The van der Waals surface area contributed by atoms with Crippen molar-refractivity contribution in [1.29, 1.82) is 0 Å². The number of amides is 1. The maximum atomic E-state index is 12.1. The predicted octanol–water partition coefficient (Wildman–Crippen LogP) is 3.47. The zero-order valence-corrected chi connectivity index (χ0v) is 10.6. The average Bonchev–Trinajstić information content (AvgIpc) is 2.83. The number of para-hydroxylation sites is 1. The molecule has 0 saturated carbocycles. The lowest BCUT2D eigenvalue weighted by Crippen LogP contribution is -2.27. The minimum atomic E-state index is 0.0982. The highest BCUT2D eigenvalue weighted by atomic mass is 32.2. The second kappa shape index (κ2) is 4.86. The molecule has 0 aliphatic carbocycles. The topological polar surface area (TPSA) is 20.3 Å². The second-order valence-electron chi connectivity index (χ2n) is 4.17. The van der Waals surface area contributed by atoms with E-state index in [9.17, 15) is 4.79 Å². The minimum Gasteiger partial charge on any atom is -0.295 e. The Bertz CT molecular complexity index is 541. The quantitative estimate of drug-likeness (QED) is 0.819. The van der Waals surface area contributed by atoms with Crippen LogP contribution in [0.4, 0.5) is 5.69 Å². The van der Waals surface area contributed by atoms with E-state index in [-0.39, 0.29) is 11.3 Å². The minimum absolute atomic E-state index is 0.0982. The molecule has 1 heterocycles. The molecule has 1 amide bonds. The van der Waals surface area contributed by atoms with Gasteiger partial charge in [0, 0.05) is 5.69 Å². The lowest BCUT2D eigenvalue weighted by atomic mass is 10.2. The van der Waals surface area contributed by atoms with Gasteiger partial charge in [-0.1, -0.05) is 48.5 Å². The van der Waals surface area contributed by atoms with Crippen molar-refractivity contribution < 1.29 is 4.79 Å². The van der Waals surface area contributed by atoms with Crippen molar-refractivity contribution in [2.45, 2.75) is 5.37 Å². The van der Waals surface area contributed by atoms with Crippen molar-refractivity contribution in [3.05, 3.63) is 66.2 Å². The largest absolute Gasteiger partial charge is 0.295 e. The summed E-state index contributed by atoms with van der Waals surface area (Å²) in [7, 11) is 0. The van der Waals surface area contributed by atoms with Crippen LogP contribution >= 0.6 is 11.8 Å². The molecule has 3 rings (SSSR count). The van der Waals surface area contributed by atoms with E-state index in [1.165, 1.54) is 5.56 Å². The van der Waals surface area contributed by atoms with Crippen LogP contribution in [-0.4, -0.2) is 11.7 Å². The number of hydrogen-bond acceptors (Lipinski definition) is 2. The molecule has 0 aromatic heterocycles. The molecule has 1 aliphatic heterocycles. The van der Waals surface area contributed by atoms with Gasteiger partial charge in [-0.3, -0.25) is 9.69 Å². The molecule has 2 aromatic carbocycles. The van der Waals surface area contributed by atoms with Crippen LogP contribution in [0.5, 0.6) is 0 Å². The summed E-state index contributed by atoms with van der Waals surface area (Å²) in [6.07, 6.45) is 0. The number of carbonyl (C=O) groups is 1. The summed E-state index contributed by atoms with van der Waals surface area (Å²) in [5, 5.41) is 0.0982. The first-order chi connectivity index (χ1) is 8.86. The van der Waals surface area contributed by atoms with E-state index in [1.54, 1.807) is 11.8 Å². The second-order valence-corrected chi connectivity index (χ2v) is 5.24. The van der Waals surface area contributed by atoms with Crippen LogP contribution in [0, 0.1) is 0 Å². The number of benzene rings is 2. The summed E-state index contributed by atoms with van der Waals surface area (Å²) in [6.45, 7) is 0. The maximum Gasteiger partial charge on any atom is 0.238 e. The van der Waals surface area contributed by atoms with Crippen molar-refractivity contribution in [2.75, 3.05) is 10.7 Å². The maximum absolute atomic E-state index is 12.1. The molecule has 0 unspecified atom stereocenters. The molecule has 2 nitrogen and oxygen atoms in total. The van der Waals surface area contributed by atoms with E-state index in [0.29, 0.717) is 5.75 Å². The van der Waals surface area contributed by atoms with E-state index in [4.69, 9.17) is 0 Å². The summed E-state index contributed by atoms with van der Waals surface area (Å²) in [4.78, 5) is 14.0. The van der Waals surface area contributed by atoms with Crippen molar-refractivity contribution in [3.8, 4) is 0 Å². The SMILES string of the molecule is O=C1CS[C@@H](c2ccccc2)N1c1ccccc1. The van der Waals surface area contributed by atoms with Gasteiger partial charge in [0.25, 0.3) is 0 Å². The lowest BCUT2D eigenvalue weighted by Gasteiger charge is -2.24. The Hall–Kier alpha value is -1.74. The smallest absolute Gasteiger partial charge is 0.238 e. The highest BCUT2D eigenvalue weighted by molar-refractivity contribution is 8.00. The van der Waals surface area contributed by atoms with Crippen molar-refractivity contribution in [2.24, 2.45) is 0 Å². The zero-order chi connectivity index (χ0) is 12.4. The van der Waals surface area contributed by atoms with Crippen LogP contribution in [0.25, 0.3) is 0 Å². The van der Waals surface area contributed by atoms with Crippen LogP contribution in [0.15, 0.2) is 60.7 Å². The molecule has 1 aliphatic rings. The van der Waals surface area contributed by atoms with Gasteiger partial charge in [-0.05, 0) is 17.7 Å². The summed E-state index contributed by atoms with van der Waals surface area (Å²) in [5.74, 6) is 0.731. The normalized spacial score (nSPS) is 19.2. The molecule has 2 aromatic rings. The van der Waals surface area contributed by atoms with Crippen molar-refractivity contribution in [3.63, 3.8) is 0 Å². The molecule has 0 bridgehead atoms. The van der Waals surface area contributed by atoms with Crippen LogP contribution in [-0.2, 0) is 4.79 Å². The molecule has 1 fully saturated rings. The first-order valence-corrected chi connectivity index (χ1v) is 6.95. The van der Waals surface area contributed by atoms with Gasteiger partial charge in [-0.25, -0.2) is 0 Å². The summed E-state index contributed by atoms with van der Waals surface area (Å²) in [6, 6.07) is 20.1. The Kier molecular flexibility index (Phi) is 3.07. The molecular formula is C15H13NOS. The van der Waals surface area contributed by atoms with Gasteiger partial charge in [0.2, 0.25) is 5.91 Å². The molecular weight excluding hydrogens is 242 g/mol. The number of rotatable bonds is 2. The fourth-order valence-electron chi connectivity index (χ4n) is 2.16. The van der Waals surface area contributed by atoms with Crippen LogP contribution in [0.3, 0.4) is 0 Å². The third kappa shape index (κ3) is 2.02. The van der Waals surface area contributed by atoms with E-state index in [1.807, 2.05) is 53.4 Å². The van der Waals surface area contributed by atoms with E-state index >= 15 is 0 Å². The monoisotopic (exact) mass is 255 g/mol. The summed E-state index contributed by atoms with van der Waals surface area (Å²) in [5.41, 5.74) is 2.15. The number of hydrogen-bond donors (Lipinski definition) is 0. The average molecular weight is 255 g/mol. The van der Waals surface area contributed by atoms with Gasteiger partial charge < -0.3 is 0 Å². The Labute approximate surface area is 111 Å². The number of thioether (sulfide) groups is 1. The number of nitrogens with zero attached hydrogens (tertiary/aromatic N) is 1. The lowest BCUT2D eigenvalue weighted by molar-refractivity contribution is -0.115. The van der Waals surface area contributed by atoms with Gasteiger partial charge in [0.15, 0.2) is 0 Å². The highest BCUT2D eigenvalue weighted by Crippen LogP contribution is 2.41. The van der Waals surface area contributed by atoms with E-state index in [0.717, 1.165) is 5.69 Å². The van der Waals surface area contributed by atoms with Crippen molar-refractivity contribution >= 4 is 23.4 Å². The molecule has 18 heavy (non-hydrogen) atoms. The molecule has 0 spiro atoms. The first-order valence-electron chi connectivity index (χ1n) is 5.90. The highest BCUT2D eigenvalue weighted by Gasteiger charge is 2.33. The molecule has 0 radical (unpaired) electrons. The standard InChI is InChI=1S/C15H13NOS/c17-14-11-18-15(12-7-3-1-4-8-12)16(14)13-9-5-2-6-10-13/h1-10,15H,11H2/t15-/m0/s1. The Morgan fingerprint density at radius 2 is 1.56 bits per heavy atom. The van der Waals surface area contributed by atoms with Crippen LogP contribution in [0.2, 0.25) is 0 Å². The third-order valence-electron chi connectivity index (χ3n) is 2.99. The Balaban J connectivity index is 1.98. The fraction of sp³-hybridized carbons (Fsp3) is 0.133. The number of anilines is 1. The Morgan fingerprint density at radius 3 is 2.22 bits per heavy atom. The predicted molar refractivity (Wildman–Crippen MR) is 75.6 cm³/mol. The van der Waals surface area contributed by atoms with Gasteiger partial charge in [0.1, 0.15) is 5.37 Å². The fourth-order valence-corrected chi connectivity index (χ4v) is 3.33. The molecule has 1 saturated heterocycles. The van der Waals surface area contributed by atoms with Gasteiger partial charge in [0.05, 0.1) is 5.75 Å². The molecule has 0 N–H and O–H groups in total. The summed E-state index contributed by atoms with van der Waals surface area (Å²) >= 11 is 1.68. The first kappa shape index (κ1) is 11.4.